The van der Waals surface area contributed by atoms with E-state index in [1.165, 1.54) is 7.11 Å². The molecule has 0 aromatic carbocycles. The number of methoxy groups -OCH3 is 1. The number of nitrogens with one attached hydrogen (secondary N) is 1. The van der Waals surface area contributed by atoms with Crippen LogP contribution >= 0.6 is 0 Å². The molecule has 118 valence electrons. The first-order chi connectivity index (χ1) is 9.42. The Labute approximate surface area is 119 Å². The molecule has 1 fully saturated rings. The molecule has 1 aliphatic rings. The molecule has 2 unspecified atom stereocenters. The summed E-state index contributed by atoms with van der Waals surface area (Å²) < 4.78 is 37.2. The van der Waals surface area contributed by atoms with Gasteiger partial charge in [-0.25, -0.2) is 0 Å². The monoisotopic (exact) mass is 310 g/mol. The molecular weight excluding hydrogens is 288 g/mol. The van der Waals surface area contributed by atoms with Gasteiger partial charge in [-0.2, -0.15) is 17.4 Å². The van der Waals surface area contributed by atoms with Crippen LogP contribution in [0.2, 0.25) is 0 Å². The highest BCUT2D eigenvalue weighted by atomic mass is 32.2. The Balaban J connectivity index is 2.63. The Morgan fingerprint density at radius 3 is 2.85 bits per heavy atom. The van der Waals surface area contributed by atoms with Crippen molar-refractivity contribution in [2.75, 3.05) is 33.4 Å². The lowest BCUT2D eigenvalue weighted by molar-refractivity contribution is -0.146. The van der Waals surface area contributed by atoms with Crippen LogP contribution < -0.4 is 4.72 Å². The SMILES string of the molecule is CCOC(=O)C1CCCN1S(=O)(=O)NCC(O)COC. The van der Waals surface area contributed by atoms with Crippen LogP contribution in [0.15, 0.2) is 0 Å². The van der Waals surface area contributed by atoms with Gasteiger partial charge in [0, 0.05) is 20.2 Å². The highest BCUT2D eigenvalue weighted by molar-refractivity contribution is 7.87. The normalized spacial score (nSPS) is 21.9. The third-order valence-electron chi connectivity index (χ3n) is 2.93. The fourth-order valence-electron chi connectivity index (χ4n) is 2.04. The summed E-state index contributed by atoms with van der Waals surface area (Å²) in [6.07, 6.45) is 0.115. The zero-order valence-electron chi connectivity index (χ0n) is 11.7. The third-order valence-corrected chi connectivity index (χ3v) is 4.52. The maximum Gasteiger partial charge on any atom is 0.324 e. The average molecular weight is 310 g/mol. The molecule has 0 amide bonds. The molecule has 0 aromatic rings. The zero-order chi connectivity index (χ0) is 15.2. The smallest absolute Gasteiger partial charge is 0.324 e. The third kappa shape index (κ3) is 4.67. The first-order valence-electron chi connectivity index (χ1n) is 6.52. The van der Waals surface area contributed by atoms with E-state index in [1.54, 1.807) is 6.92 Å². The molecule has 20 heavy (non-hydrogen) atoms. The standard InChI is InChI=1S/C11H22N2O6S/c1-3-19-11(15)10-5-4-6-13(10)20(16,17)12-7-9(14)8-18-2/h9-10,12,14H,3-8H2,1-2H3. The second-order valence-corrected chi connectivity index (χ2v) is 6.19. The number of aliphatic hydroxyl groups is 1. The predicted octanol–water partition coefficient (Wildman–Crippen LogP) is -1.14. The first-order valence-corrected chi connectivity index (χ1v) is 7.96. The fraction of sp³-hybridized carbons (Fsp3) is 0.909. The van der Waals surface area contributed by atoms with Gasteiger partial charge in [0.05, 0.1) is 19.3 Å². The van der Waals surface area contributed by atoms with Crippen molar-refractivity contribution in [3.63, 3.8) is 0 Å². The van der Waals surface area contributed by atoms with Crippen molar-refractivity contribution in [2.24, 2.45) is 0 Å². The van der Waals surface area contributed by atoms with Crippen LogP contribution in [0.5, 0.6) is 0 Å². The highest BCUT2D eigenvalue weighted by Gasteiger charge is 2.39. The van der Waals surface area contributed by atoms with E-state index < -0.39 is 28.3 Å². The fourth-order valence-corrected chi connectivity index (χ4v) is 3.50. The highest BCUT2D eigenvalue weighted by Crippen LogP contribution is 2.21. The second kappa shape index (κ2) is 7.89. The molecule has 0 bridgehead atoms. The lowest BCUT2D eigenvalue weighted by Gasteiger charge is -2.23. The number of hydrogen-bond donors (Lipinski definition) is 2. The number of aliphatic hydroxyl groups excluding tert-OH is 1. The number of ether oxygens (including phenoxy) is 2. The van der Waals surface area contributed by atoms with Gasteiger partial charge in [0.2, 0.25) is 0 Å². The van der Waals surface area contributed by atoms with Crippen LogP contribution in [0, 0.1) is 0 Å². The summed E-state index contributed by atoms with van der Waals surface area (Å²) in [4.78, 5) is 11.7. The van der Waals surface area contributed by atoms with Crippen LogP contribution in [-0.4, -0.2) is 69.4 Å². The van der Waals surface area contributed by atoms with Gasteiger partial charge in [-0.05, 0) is 19.8 Å². The molecule has 1 aliphatic heterocycles. The number of esters is 1. The Morgan fingerprint density at radius 2 is 2.25 bits per heavy atom. The molecule has 0 spiro atoms. The van der Waals surface area contributed by atoms with E-state index in [-0.39, 0.29) is 26.3 Å². The van der Waals surface area contributed by atoms with E-state index in [2.05, 4.69) is 4.72 Å². The van der Waals surface area contributed by atoms with Gasteiger partial charge in [-0.1, -0.05) is 0 Å². The Hall–Kier alpha value is -0.740. The largest absolute Gasteiger partial charge is 0.465 e. The van der Waals surface area contributed by atoms with Crippen molar-refractivity contribution in [1.82, 2.24) is 9.03 Å². The van der Waals surface area contributed by atoms with Crippen molar-refractivity contribution in [3.8, 4) is 0 Å². The van der Waals surface area contributed by atoms with Gasteiger partial charge in [-0.15, -0.1) is 0 Å². The molecule has 8 nitrogen and oxygen atoms in total. The van der Waals surface area contributed by atoms with Gasteiger partial charge in [0.1, 0.15) is 6.04 Å². The topological polar surface area (TPSA) is 105 Å². The number of carbonyl (C=O) groups excluding carboxylic acids is 1. The van der Waals surface area contributed by atoms with E-state index in [0.29, 0.717) is 12.8 Å². The van der Waals surface area contributed by atoms with Gasteiger partial charge in [0.25, 0.3) is 10.2 Å². The molecule has 1 heterocycles. The minimum atomic E-state index is -3.82. The zero-order valence-corrected chi connectivity index (χ0v) is 12.6. The van der Waals surface area contributed by atoms with Crippen LogP contribution in [0.4, 0.5) is 0 Å². The van der Waals surface area contributed by atoms with Crippen LogP contribution in [0.3, 0.4) is 0 Å². The predicted molar refractivity (Wildman–Crippen MR) is 71.2 cm³/mol. The maximum absolute atomic E-state index is 12.1. The lowest BCUT2D eigenvalue weighted by atomic mass is 10.2. The summed E-state index contributed by atoms with van der Waals surface area (Å²) in [5.41, 5.74) is 0. The molecular formula is C11H22N2O6S. The Bertz CT molecular complexity index is 413. The summed E-state index contributed by atoms with van der Waals surface area (Å²) in [6.45, 7) is 2.01. The molecule has 1 saturated heterocycles. The maximum atomic E-state index is 12.1. The van der Waals surface area contributed by atoms with Crippen molar-refractivity contribution in [2.45, 2.75) is 31.9 Å². The average Bonchev–Trinajstić information content (AvgIpc) is 2.87. The molecule has 0 aliphatic carbocycles. The number of carbonyl (C=O) groups is 1. The van der Waals surface area contributed by atoms with Gasteiger partial charge in [0.15, 0.2) is 0 Å². The molecule has 0 saturated carbocycles. The van der Waals surface area contributed by atoms with E-state index in [1.807, 2.05) is 0 Å². The Kier molecular flexibility index (Phi) is 6.83. The molecule has 2 atom stereocenters. The molecule has 1 rings (SSSR count). The van der Waals surface area contributed by atoms with Gasteiger partial charge in [-0.3, -0.25) is 4.79 Å². The van der Waals surface area contributed by atoms with Crippen molar-refractivity contribution < 1.29 is 27.8 Å². The number of nitrogens with zero attached hydrogens (tertiary/aromatic N) is 1. The van der Waals surface area contributed by atoms with Crippen molar-refractivity contribution >= 4 is 16.2 Å². The molecule has 9 heteroatoms. The summed E-state index contributed by atoms with van der Waals surface area (Å²) in [6, 6.07) is -0.785. The summed E-state index contributed by atoms with van der Waals surface area (Å²) >= 11 is 0. The lowest BCUT2D eigenvalue weighted by Crippen LogP contribution is -2.48. The van der Waals surface area contributed by atoms with E-state index in [4.69, 9.17) is 9.47 Å². The Morgan fingerprint density at radius 1 is 1.55 bits per heavy atom. The number of hydrogen-bond acceptors (Lipinski definition) is 6. The van der Waals surface area contributed by atoms with E-state index in [9.17, 15) is 18.3 Å². The van der Waals surface area contributed by atoms with Gasteiger partial charge < -0.3 is 14.6 Å². The minimum Gasteiger partial charge on any atom is -0.465 e. The molecule has 0 aromatic heterocycles. The minimum absolute atomic E-state index is 0.0316. The quantitative estimate of drug-likeness (QED) is 0.549. The molecule has 2 N–H and O–H groups in total. The van der Waals surface area contributed by atoms with Crippen LogP contribution in [0.25, 0.3) is 0 Å². The summed E-state index contributed by atoms with van der Waals surface area (Å²) in [5.74, 6) is -0.534. The van der Waals surface area contributed by atoms with E-state index in [0.717, 1.165) is 4.31 Å². The van der Waals surface area contributed by atoms with Crippen molar-refractivity contribution in [1.29, 1.82) is 0 Å². The first kappa shape index (κ1) is 17.3. The van der Waals surface area contributed by atoms with Crippen LogP contribution in [-0.2, 0) is 24.5 Å². The second-order valence-electron chi connectivity index (χ2n) is 4.48. The van der Waals surface area contributed by atoms with Crippen molar-refractivity contribution in [3.05, 3.63) is 0 Å². The van der Waals surface area contributed by atoms with Crippen LogP contribution in [0.1, 0.15) is 19.8 Å². The summed E-state index contributed by atoms with van der Waals surface area (Å²) in [7, 11) is -2.41. The molecule has 0 radical (unpaired) electrons. The number of rotatable bonds is 8. The van der Waals surface area contributed by atoms with Gasteiger partial charge >= 0.3 is 5.97 Å². The summed E-state index contributed by atoms with van der Waals surface area (Å²) in [5, 5.41) is 9.45. The van der Waals surface area contributed by atoms with E-state index >= 15 is 0 Å².